The molecule has 0 atom stereocenters. The van der Waals surface area contributed by atoms with Crippen LogP contribution in [0.3, 0.4) is 0 Å². The fourth-order valence-electron chi connectivity index (χ4n) is 5.94. The maximum Gasteiger partial charge on any atom is 0.249 e. The molecule has 1 aromatic heterocycles. The third-order valence-corrected chi connectivity index (χ3v) is 11.7. The van der Waals surface area contributed by atoms with Crippen molar-refractivity contribution in [2.75, 3.05) is 57.4 Å². The number of hydrogen-bond donors (Lipinski definition) is 1. The molecule has 11 heteroatoms. The summed E-state index contributed by atoms with van der Waals surface area (Å²) in [6, 6.07) is 3.41. The second-order valence-corrected chi connectivity index (χ2v) is 20.4. The van der Waals surface area contributed by atoms with Gasteiger partial charge in [0, 0.05) is 46.5 Å². The van der Waals surface area contributed by atoms with Crippen molar-refractivity contribution in [3.63, 3.8) is 0 Å². The monoisotopic (exact) mass is 574 g/mol. The van der Waals surface area contributed by atoms with Crippen molar-refractivity contribution in [3.8, 4) is 0 Å². The van der Waals surface area contributed by atoms with E-state index in [1.807, 2.05) is 0 Å². The van der Waals surface area contributed by atoms with Crippen LogP contribution in [-0.2, 0) is 47.0 Å². The van der Waals surface area contributed by atoms with Gasteiger partial charge in [-0.25, -0.2) is 13.1 Å². The van der Waals surface area contributed by atoms with Gasteiger partial charge in [-0.2, -0.15) is 4.98 Å². The number of sulfone groups is 1. The first-order valence-electron chi connectivity index (χ1n) is 14.7. The van der Waals surface area contributed by atoms with Crippen molar-refractivity contribution in [1.82, 2.24) is 24.6 Å². The van der Waals surface area contributed by atoms with E-state index in [1.165, 1.54) is 26.9 Å². The summed E-state index contributed by atoms with van der Waals surface area (Å²) in [5.41, 5.74) is 6.67. The van der Waals surface area contributed by atoms with E-state index in [-0.39, 0.29) is 17.6 Å². The molecule has 1 fully saturated rings. The molecule has 2 aliphatic carbocycles. The number of likely N-dealkylation sites (N-methyl/N-ethyl adjacent to an activating group) is 1. The predicted molar refractivity (Wildman–Crippen MR) is 159 cm³/mol. The van der Waals surface area contributed by atoms with Gasteiger partial charge in [-0.1, -0.05) is 25.7 Å². The lowest BCUT2D eigenvalue weighted by Crippen LogP contribution is -2.44. The molecular weight excluding hydrogens is 529 g/mol. The smallest absolute Gasteiger partial charge is 0.249 e. The molecule has 1 aromatic carbocycles. The maximum absolute atomic E-state index is 13.6. The molecular formula is C28H46N6O3SSi. The Morgan fingerprint density at radius 1 is 1.00 bits per heavy atom. The van der Waals surface area contributed by atoms with Crippen LogP contribution in [0.1, 0.15) is 41.5 Å². The van der Waals surface area contributed by atoms with Gasteiger partial charge in [0.15, 0.2) is 0 Å². The minimum atomic E-state index is -3.62. The van der Waals surface area contributed by atoms with E-state index >= 15 is 0 Å². The third-order valence-electron chi connectivity index (χ3n) is 8.32. The number of piperazine rings is 1. The second-order valence-electron chi connectivity index (χ2n) is 12.7. The van der Waals surface area contributed by atoms with Crippen molar-refractivity contribution in [2.24, 2.45) is 0 Å². The molecule has 216 valence electrons. The van der Waals surface area contributed by atoms with Crippen LogP contribution in [0.15, 0.2) is 11.2 Å². The summed E-state index contributed by atoms with van der Waals surface area (Å²) in [6.45, 7) is 12.4. The highest BCUT2D eigenvalue weighted by Gasteiger charge is 2.28. The highest BCUT2D eigenvalue weighted by atomic mass is 32.2. The van der Waals surface area contributed by atoms with Gasteiger partial charge >= 0.3 is 0 Å². The Morgan fingerprint density at radius 2 is 1.67 bits per heavy atom. The molecule has 2 aromatic rings. The summed E-state index contributed by atoms with van der Waals surface area (Å²) in [4.78, 5) is 9.25. The van der Waals surface area contributed by atoms with E-state index in [9.17, 15) is 8.42 Å². The SMILES string of the molecule is CN1CCN(CCCS(=O)(=O)c2nc(Nc3c4c(cc5c3CCC5)CCC4)nn2COCC[Si](C)(C)C)CC1. The Hall–Kier alpha value is -1.79. The minimum absolute atomic E-state index is 0.0144. The fraction of sp³-hybridized carbons (Fsp3) is 0.714. The normalized spacial score (nSPS) is 18.5. The third kappa shape index (κ3) is 7.11. The standard InChI is InChI=1S/C28H46N6O3SSi/c1-32-13-15-33(16-14-32)12-7-18-38(35,36)28-30-27(31-34(28)21-37-17-19-39(2,3)4)29-26-24-10-5-8-22(24)20-23-9-6-11-25(23)26/h20H,5-19,21H2,1-4H3,(H,29,31). The zero-order valence-corrected chi connectivity index (χ0v) is 26.1. The van der Waals surface area contributed by atoms with Crippen molar-refractivity contribution in [3.05, 3.63) is 28.3 Å². The molecule has 9 nitrogen and oxygen atoms in total. The average molecular weight is 575 g/mol. The number of hydrogen-bond acceptors (Lipinski definition) is 8. The van der Waals surface area contributed by atoms with Crippen LogP contribution < -0.4 is 5.32 Å². The molecule has 0 unspecified atom stereocenters. The molecule has 3 aliphatic rings. The first-order valence-corrected chi connectivity index (χ1v) is 20.0. The minimum Gasteiger partial charge on any atom is -0.359 e. The van der Waals surface area contributed by atoms with E-state index < -0.39 is 17.9 Å². The zero-order chi connectivity index (χ0) is 27.6. The van der Waals surface area contributed by atoms with Crippen LogP contribution in [-0.4, -0.2) is 93.2 Å². The van der Waals surface area contributed by atoms with Gasteiger partial charge in [0.2, 0.25) is 20.9 Å². The Balaban J connectivity index is 1.34. The van der Waals surface area contributed by atoms with Crippen LogP contribution >= 0.6 is 0 Å². The van der Waals surface area contributed by atoms with E-state index in [0.29, 0.717) is 19.0 Å². The lowest BCUT2D eigenvalue weighted by Gasteiger charge is -2.32. The molecule has 0 amide bonds. The Kier molecular flexibility index (Phi) is 8.82. The fourth-order valence-corrected chi connectivity index (χ4v) is 8.03. The van der Waals surface area contributed by atoms with Gasteiger partial charge in [-0.05, 0) is 86.8 Å². The highest BCUT2D eigenvalue weighted by Crippen LogP contribution is 2.39. The van der Waals surface area contributed by atoms with Crippen LogP contribution in [0.4, 0.5) is 11.6 Å². The molecule has 0 saturated carbocycles. The van der Waals surface area contributed by atoms with Crippen molar-refractivity contribution in [1.29, 1.82) is 0 Å². The van der Waals surface area contributed by atoms with E-state index in [1.54, 1.807) is 0 Å². The topological polar surface area (TPSA) is 92.6 Å². The van der Waals surface area contributed by atoms with Crippen molar-refractivity contribution >= 4 is 29.5 Å². The number of fused-ring (bicyclic) bond motifs is 2. The Bertz CT molecular complexity index is 1230. The molecule has 2 heterocycles. The van der Waals surface area contributed by atoms with Crippen LogP contribution in [0.5, 0.6) is 0 Å². The summed E-state index contributed by atoms with van der Waals surface area (Å²) < 4.78 is 34.5. The molecule has 0 spiro atoms. The van der Waals surface area contributed by atoms with E-state index in [2.05, 4.69) is 58.0 Å². The molecule has 0 radical (unpaired) electrons. The maximum atomic E-state index is 13.6. The van der Waals surface area contributed by atoms with Gasteiger partial charge < -0.3 is 19.9 Å². The second kappa shape index (κ2) is 12.0. The average Bonchev–Trinajstić information content (AvgIpc) is 3.62. The van der Waals surface area contributed by atoms with Gasteiger partial charge in [-0.15, -0.1) is 5.10 Å². The van der Waals surface area contributed by atoms with Crippen LogP contribution in [0.2, 0.25) is 25.7 Å². The summed E-state index contributed by atoms with van der Waals surface area (Å²) >= 11 is 0. The Morgan fingerprint density at radius 3 is 2.31 bits per heavy atom. The summed E-state index contributed by atoms with van der Waals surface area (Å²) in [5.74, 6) is 0.415. The number of nitrogens with one attached hydrogen (secondary N) is 1. The number of benzene rings is 1. The first kappa shape index (κ1) is 28.7. The number of rotatable bonds is 12. The molecule has 39 heavy (non-hydrogen) atoms. The number of aryl methyl sites for hydroxylation is 2. The molecule has 1 aliphatic heterocycles. The van der Waals surface area contributed by atoms with Crippen molar-refractivity contribution < 1.29 is 13.2 Å². The number of ether oxygens (including phenoxy) is 1. The molecule has 1 N–H and O–H groups in total. The first-order chi connectivity index (χ1) is 18.6. The predicted octanol–water partition coefficient (Wildman–Crippen LogP) is 3.72. The molecule has 1 saturated heterocycles. The van der Waals surface area contributed by atoms with Crippen LogP contribution in [0.25, 0.3) is 0 Å². The number of nitrogens with zero attached hydrogens (tertiary/aromatic N) is 5. The highest BCUT2D eigenvalue weighted by molar-refractivity contribution is 7.91. The largest absolute Gasteiger partial charge is 0.359 e. The van der Waals surface area contributed by atoms with Gasteiger partial charge in [-0.3, -0.25) is 0 Å². The lowest BCUT2D eigenvalue weighted by molar-refractivity contribution is 0.0715. The van der Waals surface area contributed by atoms with Gasteiger partial charge in [0.1, 0.15) is 6.73 Å². The number of anilines is 2. The van der Waals surface area contributed by atoms with Crippen molar-refractivity contribution in [2.45, 2.75) is 82.5 Å². The number of aromatic nitrogens is 3. The van der Waals surface area contributed by atoms with Crippen LogP contribution in [0, 0.1) is 0 Å². The zero-order valence-electron chi connectivity index (χ0n) is 24.3. The van der Waals surface area contributed by atoms with Gasteiger partial charge in [0.25, 0.3) is 0 Å². The molecule has 0 bridgehead atoms. The summed E-state index contributed by atoms with van der Waals surface area (Å²) in [5, 5.41) is 8.16. The Labute approximate surface area is 235 Å². The lowest BCUT2D eigenvalue weighted by atomic mass is 9.99. The molecule has 5 rings (SSSR count). The summed E-state index contributed by atoms with van der Waals surface area (Å²) in [6.07, 6.45) is 7.21. The summed E-state index contributed by atoms with van der Waals surface area (Å²) in [7, 11) is -2.75. The van der Waals surface area contributed by atoms with E-state index in [0.717, 1.165) is 83.0 Å². The van der Waals surface area contributed by atoms with E-state index in [4.69, 9.17) is 4.74 Å². The van der Waals surface area contributed by atoms with Gasteiger partial charge in [0.05, 0.1) is 5.75 Å². The quantitative estimate of drug-likeness (QED) is 0.303.